The Kier molecular flexibility index (Phi) is 6.35. The van der Waals surface area contributed by atoms with Crippen molar-refractivity contribution in [1.29, 1.82) is 0 Å². The number of ether oxygens (including phenoxy) is 1. The molecule has 2 atom stereocenters. The highest BCUT2D eigenvalue weighted by atomic mass is 16.5. The second-order valence-corrected chi connectivity index (χ2v) is 9.92. The first-order valence-electron chi connectivity index (χ1n) is 12.7. The van der Waals surface area contributed by atoms with Gasteiger partial charge in [-0.15, -0.1) is 0 Å². The molecule has 38 heavy (non-hydrogen) atoms. The maximum atomic E-state index is 6.32. The van der Waals surface area contributed by atoms with Crippen molar-refractivity contribution in [1.82, 2.24) is 35.4 Å². The Balaban J connectivity index is 1.32. The number of pyridine rings is 3. The number of H-pyrrole nitrogens is 1. The highest BCUT2D eigenvalue weighted by Crippen LogP contribution is 2.39. The summed E-state index contributed by atoms with van der Waals surface area (Å²) < 4.78 is 5.89. The number of likely N-dealkylation sites (N-methyl/N-ethyl adjacent to an activating group) is 1. The van der Waals surface area contributed by atoms with E-state index in [0.717, 1.165) is 57.9 Å². The zero-order chi connectivity index (χ0) is 26.1. The monoisotopic (exact) mass is 506 g/mol. The molecular formula is C29H30N8O. The molecule has 0 bridgehead atoms. The van der Waals surface area contributed by atoms with Gasteiger partial charge in [-0.05, 0) is 61.6 Å². The summed E-state index contributed by atoms with van der Waals surface area (Å²) in [7, 11) is 4.04. The van der Waals surface area contributed by atoms with E-state index < -0.39 is 0 Å². The van der Waals surface area contributed by atoms with E-state index in [2.05, 4.69) is 53.6 Å². The van der Waals surface area contributed by atoms with Crippen molar-refractivity contribution in [2.75, 3.05) is 27.2 Å². The lowest BCUT2D eigenvalue weighted by Gasteiger charge is -2.21. The summed E-state index contributed by atoms with van der Waals surface area (Å²) in [6.45, 7) is 1.43. The zero-order valence-corrected chi connectivity index (χ0v) is 21.4. The predicted molar refractivity (Wildman–Crippen MR) is 149 cm³/mol. The van der Waals surface area contributed by atoms with Crippen molar-refractivity contribution in [3.63, 3.8) is 0 Å². The van der Waals surface area contributed by atoms with Gasteiger partial charge in [-0.1, -0.05) is 6.08 Å². The quantitative estimate of drug-likeness (QED) is 0.348. The third-order valence-corrected chi connectivity index (χ3v) is 6.96. The van der Waals surface area contributed by atoms with Crippen LogP contribution in [-0.4, -0.2) is 63.3 Å². The maximum absolute atomic E-state index is 6.32. The van der Waals surface area contributed by atoms with Crippen molar-refractivity contribution in [3.05, 3.63) is 90.4 Å². The third-order valence-electron chi connectivity index (χ3n) is 6.96. The molecule has 2 aliphatic rings. The van der Waals surface area contributed by atoms with Crippen molar-refractivity contribution < 1.29 is 4.74 Å². The van der Waals surface area contributed by atoms with E-state index in [4.69, 9.17) is 10.5 Å². The SMILES string of the molecule is CN(C)CCOc1cncc(-c2cnc3n[nH]c(C4=CC5C(c6ccncc6)=CC=C(N)CC5N4)c3c2)c1. The standard InChI is InChI=1S/C29H30N8O/c1-37(2)9-10-38-22-11-19(15-32-17-22)20-12-25-28(35-36-29(25)33-16-20)27-14-24-23(18-5-7-31-8-6-18)4-3-21(30)13-26(24)34-27/h3-8,11-12,14-17,24,26,34H,9-10,13,30H2,1-2H3,(H,33,35,36). The molecular weight excluding hydrogens is 476 g/mol. The van der Waals surface area contributed by atoms with Crippen LogP contribution >= 0.6 is 0 Å². The van der Waals surface area contributed by atoms with Gasteiger partial charge in [0.05, 0.1) is 17.6 Å². The van der Waals surface area contributed by atoms with Crippen LogP contribution in [0.2, 0.25) is 0 Å². The average Bonchev–Trinajstić information content (AvgIpc) is 3.49. The summed E-state index contributed by atoms with van der Waals surface area (Å²) in [5.41, 5.74) is 14.0. The molecule has 0 spiro atoms. The number of fused-ring (bicyclic) bond motifs is 2. The number of nitrogens with one attached hydrogen (secondary N) is 2. The van der Waals surface area contributed by atoms with Crippen LogP contribution in [0.15, 0.2) is 79.2 Å². The topological polar surface area (TPSA) is 118 Å². The minimum Gasteiger partial charge on any atom is -0.491 e. The molecule has 4 N–H and O–H groups in total. The van der Waals surface area contributed by atoms with Gasteiger partial charge in [-0.2, -0.15) is 5.10 Å². The van der Waals surface area contributed by atoms with Gasteiger partial charge in [-0.25, -0.2) is 4.98 Å². The highest BCUT2D eigenvalue weighted by molar-refractivity contribution is 5.92. The molecule has 1 aliphatic heterocycles. The van der Waals surface area contributed by atoms with E-state index in [1.54, 1.807) is 6.20 Å². The van der Waals surface area contributed by atoms with Crippen molar-refractivity contribution in [2.45, 2.75) is 12.5 Å². The Morgan fingerprint density at radius 2 is 1.87 bits per heavy atom. The minimum absolute atomic E-state index is 0.137. The van der Waals surface area contributed by atoms with Crippen molar-refractivity contribution in [3.8, 4) is 16.9 Å². The van der Waals surface area contributed by atoms with E-state index in [-0.39, 0.29) is 12.0 Å². The van der Waals surface area contributed by atoms with Gasteiger partial charge >= 0.3 is 0 Å². The second kappa shape index (κ2) is 10.1. The van der Waals surface area contributed by atoms with Gasteiger partial charge in [0.15, 0.2) is 5.65 Å². The van der Waals surface area contributed by atoms with Crippen LogP contribution in [0.5, 0.6) is 5.75 Å². The molecule has 2 unspecified atom stereocenters. The Labute approximate surface area is 221 Å². The average molecular weight is 507 g/mol. The minimum atomic E-state index is 0.137. The van der Waals surface area contributed by atoms with E-state index in [1.165, 1.54) is 5.57 Å². The second-order valence-electron chi connectivity index (χ2n) is 9.92. The fraction of sp³-hybridized carbons (Fsp3) is 0.241. The van der Waals surface area contributed by atoms with Crippen LogP contribution in [0.25, 0.3) is 33.4 Å². The summed E-state index contributed by atoms with van der Waals surface area (Å²) in [6, 6.07) is 8.32. The normalized spacial score (nSPS) is 18.9. The molecule has 0 saturated heterocycles. The van der Waals surface area contributed by atoms with E-state index in [1.807, 2.05) is 63.2 Å². The van der Waals surface area contributed by atoms with Gasteiger partial charge in [0.2, 0.25) is 0 Å². The number of aromatic amines is 1. The van der Waals surface area contributed by atoms with Crippen molar-refractivity contribution in [2.24, 2.45) is 11.7 Å². The first-order valence-corrected chi connectivity index (χ1v) is 12.7. The Bertz CT molecular complexity index is 1550. The number of hydrogen-bond donors (Lipinski definition) is 3. The molecule has 1 aliphatic carbocycles. The summed E-state index contributed by atoms with van der Waals surface area (Å²) in [6.07, 6.45) is 16.2. The molecule has 4 aromatic heterocycles. The maximum Gasteiger partial charge on any atom is 0.181 e. The number of hydrogen-bond acceptors (Lipinski definition) is 8. The van der Waals surface area contributed by atoms with E-state index in [0.29, 0.717) is 12.3 Å². The molecule has 0 saturated carbocycles. The molecule has 192 valence electrons. The fourth-order valence-electron chi connectivity index (χ4n) is 5.00. The summed E-state index contributed by atoms with van der Waals surface area (Å²) in [5, 5.41) is 12.3. The first kappa shape index (κ1) is 23.9. The largest absolute Gasteiger partial charge is 0.491 e. The zero-order valence-electron chi connectivity index (χ0n) is 21.4. The molecule has 9 heteroatoms. The van der Waals surface area contributed by atoms with Gasteiger partial charge in [0, 0.05) is 71.9 Å². The molecule has 6 rings (SSSR count). The number of nitrogens with zero attached hydrogens (tertiary/aromatic N) is 5. The Morgan fingerprint density at radius 1 is 1.03 bits per heavy atom. The number of allylic oxidation sites excluding steroid dienone is 2. The van der Waals surface area contributed by atoms with Gasteiger partial charge in [-0.3, -0.25) is 15.1 Å². The van der Waals surface area contributed by atoms with E-state index >= 15 is 0 Å². The lowest BCUT2D eigenvalue weighted by molar-refractivity contribution is 0.261. The summed E-state index contributed by atoms with van der Waals surface area (Å²) in [5.74, 6) is 0.887. The van der Waals surface area contributed by atoms with Gasteiger partial charge in [0.25, 0.3) is 0 Å². The van der Waals surface area contributed by atoms with E-state index in [9.17, 15) is 0 Å². The van der Waals surface area contributed by atoms with Crippen LogP contribution in [0.1, 0.15) is 17.7 Å². The van der Waals surface area contributed by atoms with Crippen LogP contribution in [0, 0.1) is 5.92 Å². The predicted octanol–water partition coefficient (Wildman–Crippen LogP) is 3.61. The third kappa shape index (κ3) is 4.76. The molecule has 5 heterocycles. The van der Waals surface area contributed by atoms with Gasteiger partial charge in [0.1, 0.15) is 12.4 Å². The smallest absolute Gasteiger partial charge is 0.181 e. The molecule has 0 radical (unpaired) electrons. The molecule has 0 amide bonds. The number of aromatic nitrogens is 5. The van der Waals surface area contributed by atoms with Gasteiger partial charge < -0.3 is 20.7 Å². The Morgan fingerprint density at radius 3 is 2.71 bits per heavy atom. The van der Waals surface area contributed by atoms with Crippen LogP contribution in [0.4, 0.5) is 0 Å². The highest BCUT2D eigenvalue weighted by Gasteiger charge is 2.33. The van der Waals surface area contributed by atoms with Crippen LogP contribution in [0.3, 0.4) is 0 Å². The molecule has 9 nitrogen and oxygen atoms in total. The fourth-order valence-corrected chi connectivity index (χ4v) is 5.00. The Hall–Kier alpha value is -4.50. The number of rotatable bonds is 7. The van der Waals surface area contributed by atoms with Crippen LogP contribution in [-0.2, 0) is 0 Å². The number of nitrogens with two attached hydrogens (primary N) is 1. The first-order chi connectivity index (χ1) is 18.5. The van der Waals surface area contributed by atoms with Crippen molar-refractivity contribution >= 4 is 22.3 Å². The van der Waals surface area contributed by atoms with Crippen LogP contribution < -0.4 is 15.8 Å². The lowest BCUT2D eigenvalue weighted by atomic mass is 9.88. The molecule has 0 fully saturated rings. The molecule has 4 aromatic rings. The summed E-state index contributed by atoms with van der Waals surface area (Å²) in [4.78, 5) is 15.3. The molecule has 0 aromatic carbocycles. The summed E-state index contributed by atoms with van der Waals surface area (Å²) >= 11 is 0. The lowest BCUT2D eigenvalue weighted by Crippen LogP contribution is -2.30.